The molecule has 0 aromatic heterocycles. The number of hydrazone groups is 1. The van der Waals surface area contributed by atoms with Gasteiger partial charge >= 0.3 is 0 Å². The van der Waals surface area contributed by atoms with Crippen LogP contribution in [-0.2, 0) is 0 Å². The van der Waals surface area contributed by atoms with Crippen LogP contribution < -0.4 is 16.5 Å². The summed E-state index contributed by atoms with van der Waals surface area (Å²) in [4.78, 5) is 0. The van der Waals surface area contributed by atoms with E-state index in [1.165, 1.54) is 0 Å². The van der Waals surface area contributed by atoms with Crippen molar-refractivity contribution in [2.24, 2.45) is 5.10 Å². The van der Waals surface area contributed by atoms with Crippen LogP contribution in [0.4, 0.5) is 5.69 Å². The third kappa shape index (κ3) is 3.86. The van der Waals surface area contributed by atoms with Crippen LogP contribution in [0, 0.1) is 0 Å². The van der Waals surface area contributed by atoms with Gasteiger partial charge in [-0.1, -0.05) is 12.1 Å². The first-order valence-corrected chi connectivity index (χ1v) is 5.48. The molecule has 4 nitrogen and oxygen atoms in total. The van der Waals surface area contributed by atoms with Crippen molar-refractivity contribution in [1.82, 2.24) is 10.7 Å². The zero-order chi connectivity index (χ0) is 12.0. The summed E-state index contributed by atoms with van der Waals surface area (Å²) in [6.45, 7) is 4.65. The molecule has 0 aliphatic carbocycles. The van der Waals surface area contributed by atoms with Crippen molar-refractivity contribution in [3.8, 4) is 0 Å². The number of rotatable bonds is 3. The van der Waals surface area contributed by atoms with E-state index in [4.69, 9.17) is 18.0 Å². The molecule has 0 saturated carbocycles. The zero-order valence-electron chi connectivity index (χ0n) is 9.45. The highest BCUT2D eigenvalue weighted by Gasteiger charge is 1.98. The highest BCUT2D eigenvalue weighted by atomic mass is 32.1. The fourth-order valence-corrected chi connectivity index (χ4v) is 1.35. The molecule has 1 rings (SSSR count). The molecule has 1 aromatic carbocycles. The molecule has 1 aromatic rings. The molecule has 0 spiro atoms. The maximum absolute atomic E-state index is 5.69. The van der Waals surface area contributed by atoms with Crippen LogP contribution >= 0.6 is 12.2 Å². The molecule has 5 heteroatoms. The van der Waals surface area contributed by atoms with Crippen LogP contribution in [0.15, 0.2) is 29.4 Å². The maximum atomic E-state index is 5.69. The number of thiocarbonyl (C=S) groups is 1. The predicted octanol–water partition coefficient (Wildman–Crippen LogP) is 1.48. The van der Waals surface area contributed by atoms with E-state index >= 15 is 0 Å². The van der Waals surface area contributed by atoms with E-state index in [-0.39, 0.29) is 0 Å². The lowest BCUT2D eigenvalue weighted by Gasteiger charge is -2.06. The minimum Gasteiger partial charge on any atom is -0.399 e. The van der Waals surface area contributed by atoms with Gasteiger partial charge in [-0.15, -0.1) is 0 Å². The molecule has 0 fully saturated rings. The van der Waals surface area contributed by atoms with Crippen molar-refractivity contribution < 1.29 is 0 Å². The summed E-state index contributed by atoms with van der Waals surface area (Å²) in [5.74, 6) is 0. The van der Waals surface area contributed by atoms with E-state index in [1.54, 1.807) is 0 Å². The zero-order valence-corrected chi connectivity index (χ0v) is 10.3. The Morgan fingerprint density at radius 1 is 1.50 bits per heavy atom. The topological polar surface area (TPSA) is 62.4 Å². The van der Waals surface area contributed by atoms with Crippen molar-refractivity contribution in [1.29, 1.82) is 0 Å². The SMILES string of the molecule is CCNC(=S)N/N=C(/C)c1cccc(N)c1. The molecule has 0 bridgehead atoms. The van der Waals surface area contributed by atoms with Gasteiger partial charge < -0.3 is 11.1 Å². The smallest absolute Gasteiger partial charge is 0.186 e. The summed E-state index contributed by atoms with van der Waals surface area (Å²) in [5.41, 5.74) is 11.0. The molecule has 86 valence electrons. The van der Waals surface area contributed by atoms with Crippen LogP contribution in [0.2, 0.25) is 0 Å². The Morgan fingerprint density at radius 2 is 2.25 bits per heavy atom. The highest BCUT2D eigenvalue weighted by Crippen LogP contribution is 2.07. The minimum absolute atomic E-state index is 0.519. The lowest BCUT2D eigenvalue weighted by Crippen LogP contribution is -2.32. The average molecular weight is 236 g/mol. The largest absolute Gasteiger partial charge is 0.399 e. The summed E-state index contributed by atoms with van der Waals surface area (Å²) in [5, 5.41) is 7.63. The Balaban J connectivity index is 2.67. The third-order valence-corrected chi connectivity index (χ3v) is 2.20. The van der Waals surface area contributed by atoms with Crippen molar-refractivity contribution in [2.75, 3.05) is 12.3 Å². The van der Waals surface area contributed by atoms with Crippen molar-refractivity contribution >= 4 is 28.7 Å². The molecule has 0 aliphatic heterocycles. The highest BCUT2D eigenvalue weighted by molar-refractivity contribution is 7.80. The van der Waals surface area contributed by atoms with Crippen LogP contribution in [0.5, 0.6) is 0 Å². The molecule has 0 heterocycles. The predicted molar refractivity (Wildman–Crippen MR) is 72.5 cm³/mol. The number of nitrogens with zero attached hydrogens (tertiary/aromatic N) is 1. The molecule has 0 unspecified atom stereocenters. The summed E-state index contributed by atoms with van der Waals surface area (Å²) in [6.07, 6.45) is 0. The van der Waals surface area contributed by atoms with Gasteiger partial charge in [-0.05, 0) is 43.8 Å². The Kier molecular flexibility index (Phi) is 4.72. The fraction of sp³-hybridized carbons (Fsp3) is 0.273. The summed E-state index contributed by atoms with van der Waals surface area (Å²) in [6, 6.07) is 7.56. The van der Waals surface area contributed by atoms with Gasteiger partial charge in [0, 0.05) is 12.2 Å². The Bertz CT molecular complexity index is 401. The fourth-order valence-electron chi connectivity index (χ4n) is 1.16. The number of nitrogens with two attached hydrogens (primary N) is 1. The lowest BCUT2D eigenvalue weighted by atomic mass is 10.1. The first kappa shape index (κ1) is 12.4. The number of nitrogen functional groups attached to an aromatic ring is 1. The Morgan fingerprint density at radius 3 is 2.88 bits per heavy atom. The molecule has 16 heavy (non-hydrogen) atoms. The first-order valence-electron chi connectivity index (χ1n) is 5.07. The molecular formula is C11H16N4S. The molecule has 0 aliphatic rings. The van der Waals surface area contributed by atoms with Crippen molar-refractivity contribution in [3.05, 3.63) is 29.8 Å². The van der Waals surface area contributed by atoms with Crippen LogP contribution in [0.3, 0.4) is 0 Å². The molecule has 0 atom stereocenters. The van der Waals surface area contributed by atoms with E-state index in [0.29, 0.717) is 5.11 Å². The maximum Gasteiger partial charge on any atom is 0.186 e. The van der Waals surface area contributed by atoms with Gasteiger partial charge in [0.1, 0.15) is 0 Å². The van der Waals surface area contributed by atoms with Gasteiger partial charge in [0.15, 0.2) is 5.11 Å². The van der Waals surface area contributed by atoms with Crippen LogP contribution in [0.25, 0.3) is 0 Å². The van der Waals surface area contributed by atoms with Gasteiger partial charge in [0.25, 0.3) is 0 Å². The molecular weight excluding hydrogens is 220 g/mol. The number of nitrogens with one attached hydrogen (secondary N) is 2. The molecule has 0 saturated heterocycles. The van der Waals surface area contributed by atoms with Gasteiger partial charge in [-0.3, -0.25) is 5.43 Å². The van der Waals surface area contributed by atoms with Crippen molar-refractivity contribution in [3.63, 3.8) is 0 Å². The van der Waals surface area contributed by atoms with Gasteiger partial charge in [-0.25, -0.2) is 0 Å². The van der Waals surface area contributed by atoms with Crippen LogP contribution in [-0.4, -0.2) is 17.4 Å². The number of hydrogen-bond acceptors (Lipinski definition) is 3. The monoisotopic (exact) mass is 236 g/mol. The van der Waals surface area contributed by atoms with E-state index in [2.05, 4.69) is 15.8 Å². The third-order valence-electron chi connectivity index (χ3n) is 1.97. The van der Waals surface area contributed by atoms with E-state index in [9.17, 15) is 0 Å². The standard InChI is InChI=1S/C11H16N4S/c1-3-13-11(16)15-14-8(2)9-5-4-6-10(12)7-9/h4-7H,3,12H2,1-2H3,(H2,13,15,16)/b14-8-. The Labute approximate surface area is 101 Å². The van der Waals surface area contributed by atoms with Crippen molar-refractivity contribution in [2.45, 2.75) is 13.8 Å². The van der Waals surface area contributed by atoms with E-state index in [0.717, 1.165) is 23.5 Å². The second-order valence-corrected chi connectivity index (χ2v) is 3.70. The normalized spacial score (nSPS) is 11.0. The molecule has 0 amide bonds. The van der Waals surface area contributed by atoms with Gasteiger partial charge in [0.2, 0.25) is 0 Å². The average Bonchev–Trinajstić information content (AvgIpc) is 2.26. The van der Waals surface area contributed by atoms with E-state index < -0.39 is 0 Å². The lowest BCUT2D eigenvalue weighted by molar-refractivity contribution is 0.901. The van der Waals surface area contributed by atoms with Gasteiger partial charge in [-0.2, -0.15) is 5.10 Å². The summed E-state index contributed by atoms with van der Waals surface area (Å²) < 4.78 is 0. The second-order valence-electron chi connectivity index (χ2n) is 3.29. The Hall–Kier alpha value is -1.62. The number of hydrogen-bond donors (Lipinski definition) is 3. The molecule has 0 radical (unpaired) electrons. The molecule has 4 N–H and O–H groups in total. The number of anilines is 1. The summed E-state index contributed by atoms with van der Waals surface area (Å²) in [7, 11) is 0. The minimum atomic E-state index is 0.519. The van der Waals surface area contributed by atoms with E-state index in [1.807, 2.05) is 38.1 Å². The van der Waals surface area contributed by atoms with Crippen LogP contribution in [0.1, 0.15) is 19.4 Å². The first-order chi connectivity index (χ1) is 7.63. The second kappa shape index (κ2) is 6.07. The van der Waals surface area contributed by atoms with Gasteiger partial charge in [0.05, 0.1) is 5.71 Å². The summed E-state index contributed by atoms with van der Waals surface area (Å²) >= 11 is 4.99. The quantitative estimate of drug-likeness (QED) is 0.322. The number of benzene rings is 1.